The topological polar surface area (TPSA) is 38.9 Å². The van der Waals surface area contributed by atoms with E-state index in [-0.39, 0.29) is 21.7 Å². The van der Waals surface area contributed by atoms with Crippen molar-refractivity contribution in [2.75, 3.05) is 5.73 Å². The maximum Gasteiger partial charge on any atom is 0.419 e. The van der Waals surface area contributed by atoms with Gasteiger partial charge in [0.2, 0.25) is 0 Å². The van der Waals surface area contributed by atoms with Crippen molar-refractivity contribution in [3.8, 4) is 0 Å². The lowest BCUT2D eigenvalue weighted by Gasteiger charge is -2.12. The molecule has 1 aromatic heterocycles. The van der Waals surface area contributed by atoms with Crippen LogP contribution in [-0.2, 0) is 6.18 Å². The third-order valence-corrected chi connectivity index (χ3v) is 2.36. The number of nitrogen functional groups attached to an aromatic ring is 1. The zero-order valence-electron chi connectivity index (χ0n) is 7.85. The van der Waals surface area contributed by atoms with Gasteiger partial charge in [-0.25, -0.2) is 4.98 Å². The average Bonchev–Trinajstić information content (AvgIpc) is 2.16. The first-order chi connectivity index (χ1) is 7.39. The first-order valence-corrected chi connectivity index (χ1v) is 4.69. The lowest BCUT2D eigenvalue weighted by Crippen LogP contribution is -2.09. The molecule has 1 aromatic carbocycles. The minimum absolute atomic E-state index is 0.0445. The van der Waals surface area contributed by atoms with Crippen LogP contribution < -0.4 is 5.73 Å². The smallest absolute Gasteiger partial charge is 0.398 e. The summed E-state index contributed by atoms with van der Waals surface area (Å²) < 4.78 is 38.2. The van der Waals surface area contributed by atoms with Gasteiger partial charge in [0.25, 0.3) is 0 Å². The van der Waals surface area contributed by atoms with Crippen LogP contribution in [0.5, 0.6) is 0 Å². The fourth-order valence-corrected chi connectivity index (χ4v) is 1.67. The highest BCUT2D eigenvalue weighted by Gasteiger charge is 2.35. The van der Waals surface area contributed by atoms with Gasteiger partial charge in [0.15, 0.2) is 0 Å². The van der Waals surface area contributed by atoms with E-state index < -0.39 is 11.7 Å². The Kier molecular flexibility index (Phi) is 2.42. The molecule has 0 amide bonds. The van der Waals surface area contributed by atoms with E-state index in [1.165, 1.54) is 24.3 Å². The minimum Gasteiger partial charge on any atom is -0.398 e. The number of halogens is 4. The van der Waals surface area contributed by atoms with Crippen LogP contribution in [0.25, 0.3) is 10.9 Å². The molecule has 0 aliphatic rings. The molecule has 84 valence electrons. The molecule has 2 aromatic rings. The van der Waals surface area contributed by atoms with Gasteiger partial charge in [-0.15, -0.1) is 0 Å². The highest BCUT2D eigenvalue weighted by Crippen LogP contribution is 2.38. The van der Waals surface area contributed by atoms with Crippen molar-refractivity contribution >= 4 is 28.2 Å². The molecule has 2 rings (SSSR count). The number of fused-ring (bicyclic) bond motifs is 1. The molecule has 16 heavy (non-hydrogen) atoms. The van der Waals surface area contributed by atoms with Gasteiger partial charge < -0.3 is 5.73 Å². The average molecular weight is 247 g/mol. The highest BCUT2D eigenvalue weighted by molar-refractivity contribution is 6.29. The number of rotatable bonds is 0. The number of alkyl halides is 3. The van der Waals surface area contributed by atoms with Gasteiger partial charge in [0.05, 0.1) is 11.1 Å². The number of aromatic nitrogens is 1. The molecule has 2 nitrogen and oxygen atoms in total. The molecule has 0 unspecified atom stereocenters. The van der Waals surface area contributed by atoms with E-state index >= 15 is 0 Å². The van der Waals surface area contributed by atoms with Gasteiger partial charge >= 0.3 is 6.18 Å². The zero-order chi connectivity index (χ0) is 11.9. The van der Waals surface area contributed by atoms with E-state index in [9.17, 15) is 13.2 Å². The van der Waals surface area contributed by atoms with E-state index in [1.54, 1.807) is 0 Å². The van der Waals surface area contributed by atoms with E-state index in [2.05, 4.69) is 4.98 Å². The van der Waals surface area contributed by atoms with Crippen molar-refractivity contribution in [3.05, 3.63) is 35.0 Å². The van der Waals surface area contributed by atoms with Crippen molar-refractivity contribution in [3.63, 3.8) is 0 Å². The SMILES string of the molecule is Nc1ccc2nc(Cl)ccc2c1C(F)(F)F. The summed E-state index contributed by atoms with van der Waals surface area (Å²) in [5.41, 5.74) is 4.32. The fourth-order valence-electron chi connectivity index (χ4n) is 1.51. The zero-order valence-corrected chi connectivity index (χ0v) is 8.60. The van der Waals surface area contributed by atoms with Gasteiger partial charge in [-0.3, -0.25) is 0 Å². The van der Waals surface area contributed by atoms with E-state index in [0.717, 1.165) is 0 Å². The van der Waals surface area contributed by atoms with Crippen LogP contribution in [0.4, 0.5) is 18.9 Å². The lowest BCUT2D eigenvalue weighted by molar-refractivity contribution is -0.135. The van der Waals surface area contributed by atoms with Crippen LogP contribution >= 0.6 is 11.6 Å². The number of hydrogen-bond donors (Lipinski definition) is 1. The van der Waals surface area contributed by atoms with Gasteiger partial charge in [-0.1, -0.05) is 11.6 Å². The van der Waals surface area contributed by atoms with Crippen molar-refractivity contribution < 1.29 is 13.2 Å². The van der Waals surface area contributed by atoms with Gasteiger partial charge in [-0.05, 0) is 24.3 Å². The largest absolute Gasteiger partial charge is 0.419 e. The maximum absolute atomic E-state index is 12.7. The Morgan fingerprint density at radius 1 is 1.12 bits per heavy atom. The molecule has 0 atom stereocenters. The van der Waals surface area contributed by atoms with Gasteiger partial charge in [-0.2, -0.15) is 13.2 Å². The minimum atomic E-state index is -4.50. The number of pyridine rings is 1. The summed E-state index contributed by atoms with van der Waals surface area (Å²) in [4.78, 5) is 3.80. The normalized spacial score (nSPS) is 12.0. The molecule has 2 N–H and O–H groups in total. The Bertz CT molecular complexity index is 551. The molecule has 1 heterocycles. The van der Waals surface area contributed by atoms with Crippen molar-refractivity contribution in [2.24, 2.45) is 0 Å². The molecule has 0 saturated heterocycles. The Balaban J connectivity index is 2.85. The molecule has 0 radical (unpaired) electrons. The number of hydrogen-bond acceptors (Lipinski definition) is 2. The quantitative estimate of drug-likeness (QED) is 0.571. The summed E-state index contributed by atoms with van der Waals surface area (Å²) in [6, 6.07) is 5.16. The molecule has 0 saturated carbocycles. The molecular formula is C10H6ClF3N2. The maximum atomic E-state index is 12.7. The van der Waals surface area contributed by atoms with E-state index in [1.807, 2.05) is 0 Å². The number of nitrogens with two attached hydrogens (primary N) is 1. The summed E-state index contributed by atoms with van der Waals surface area (Å²) in [7, 11) is 0. The lowest BCUT2D eigenvalue weighted by atomic mass is 10.1. The molecular weight excluding hydrogens is 241 g/mol. The Labute approximate surface area is 93.8 Å². The van der Waals surface area contributed by atoms with Crippen LogP contribution in [0.1, 0.15) is 5.56 Å². The second-order valence-electron chi connectivity index (χ2n) is 3.23. The summed E-state index contributed by atoms with van der Waals surface area (Å²) in [6.45, 7) is 0. The summed E-state index contributed by atoms with van der Waals surface area (Å²) >= 11 is 5.60. The number of anilines is 1. The van der Waals surface area contributed by atoms with Gasteiger partial charge in [0.1, 0.15) is 5.15 Å². The Morgan fingerprint density at radius 3 is 2.44 bits per heavy atom. The first-order valence-electron chi connectivity index (χ1n) is 4.31. The highest BCUT2D eigenvalue weighted by atomic mass is 35.5. The molecule has 0 bridgehead atoms. The van der Waals surface area contributed by atoms with E-state index in [0.29, 0.717) is 0 Å². The predicted molar refractivity (Wildman–Crippen MR) is 56.2 cm³/mol. The molecule has 0 fully saturated rings. The Hall–Kier alpha value is -1.49. The van der Waals surface area contributed by atoms with E-state index in [4.69, 9.17) is 17.3 Å². The molecule has 0 aliphatic heterocycles. The van der Waals surface area contributed by atoms with Crippen LogP contribution in [0.2, 0.25) is 5.15 Å². The predicted octanol–water partition coefficient (Wildman–Crippen LogP) is 3.49. The Morgan fingerprint density at radius 2 is 1.81 bits per heavy atom. The molecule has 0 aliphatic carbocycles. The molecule has 0 spiro atoms. The molecule has 6 heteroatoms. The summed E-state index contributed by atoms with van der Waals surface area (Å²) in [5.74, 6) is 0. The fraction of sp³-hybridized carbons (Fsp3) is 0.100. The first kappa shape index (κ1) is 11.0. The number of nitrogens with zero attached hydrogens (tertiary/aromatic N) is 1. The third-order valence-electron chi connectivity index (χ3n) is 2.15. The second-order valence-corrected chi connectivity index (χ2v) is 3.62. The van der Waals surface area contributed by atoms with Crippen molar-refractivity contribution in [2.45, 2.75) is 6.18 Å². The van der Waals surface area contributed by atoms with Crippen molar-refractivity contribution in [1.29, 1.82) is 0 Å². The van der Waals surface area contributed by atoms with Crippen LogP contribution in [0, 0.1) is 0 Å². The standard InChI is InChI=1S/C10H6ClF3N2/c11-8-4-1-5-7(16-8)3-2-6(15)9(5)10(12,13)14/h1-4H,15H2. The summed E-state index contributed by atoms with van der Waals surface area (Å²) in [5, 5.41) is 0.0993. The van der Waals surface area contributed by atoms with Crippen LogP contribution in [0.3, 0.4) is 0 Å². The number of benzene rings is 1. The van der Waals surface area contributed by atoms with Crippen LogP contribution in [0.15, 0.2) is 24.3 Å². The van der Waals surface area contributed by atoms with Gasteiger partial charge in [0, 0.05) is 11.1 Å². The monoisotopic (exact) mass is 246 g/mol. The third kappa shape index (κ3) is 1.78. The van der Waals surface area contributed by atoms with Crippen molar-refractivity contribution in [1.82, 2.24) is 4.98 Å². The van der Waals surface area contributed by atoms with Crippen LogP contribution in [-0.4, -0.2) is 4.98 Å². The second kappa shape index (κ2) is 3.52. The summed E-state index contributed by atoms with van der Waals surface area (Å²) in [6.07, 6.45) is -4.50.